The molecule has 0 heterocycles. The van der Waals surface area contributed by atoms with Gasteiger partial charge in [-0.3, -0.25) is 4.79 Å². The van der Waals surface area contributed by atoms with Crippen molar-refractivity contribution in [2.45, 2.75) is 45.1 Å². The maximum atomic E-state index is 12.2. The Hall–Kier alpha value is -1.35. The molecule has 2 N–H and O–H groups in total. The third-order valence-corrected chi connectivity index (χ3v) is 4.17. The van der Waals surface area contributed by atoms with Crippen LogP contribution in [0.4, 0.5) is 5.69 Å². The molecular formula is C16H24N2O. The van der Waals surface area contributed by atoms with E-state index in [0.717, 1.165) is 23.6 Å². The molecule has 0 atom stereocenters. The van der Waals surface area contributed by atoms with Crippen molar-refractivity contribution in [1.82, 2.24) is 0 Å². The molecular weight excluding hydrogens is 236 g/mol. The van der Waals surface area contributed by atoms with Gasteiger partial charge in [0.2, 0.25) is 5.91 Å². The highest BCUT2D eigenvalue weighted by Crippen LogP contribution is 2.29. The number of nitrogens with zero attached hydrogens (tertiary/aromatic N) is 1. The molecule has 0 radical (unpaired) electrons. The van der Waals surface area contributed by atoms with Crippen LogP contribution < -0.4 is 10.6 Å². The van der Waals surface area contributed by atoms with Crippen LogP contribution in [-0.2, 0) is 11.3 Å². The topological polar surface area (TPSA) is 46.3 Å². The Kier molecular flexibility index (Phi) is 4.97. The molecule has 0 spiro atoms. The summed E-state index contributed by atoms with van der Waals surface area (Å²) in [5, 5.41) is 0. The van der Waals surface area contributed by atoms with Gasteiger partial charge >= 0.3 is 0 Å². The van der Waals surface area contributed by atoms with Crippen molar-refractivity contribution in [3.8, 4) is 0 Å². The Morgan fingerprint density at radius 1 is 1.26 bits per heavy atom. The number of anilines is 1. The summed E-state index contributed by atoms with van der Waals surface area (Å²) in [4.78, 5) is 13.9. The molecule has 1 aliphatic rings. The fraction of sp³-hybridized carbons (Fsp3) is 0.562. The third kappa shape index (κ3) is 3.80. The van der Waals surface area contributed by atoms with Gasteiger partial charge in [0.25, 0.3) is 0 Å². The minimum absolute atomic E-state index is 0.215. The normalized spacial score (nSPS) is 15.7. The second-order valence-corrected chi connectivity index (χ2v) is 5.51. The van der Waals surface area contributed by atoms with E-state index in [0.29, 0.717) is 13.0 Å². The number of nitrogens with two attached hydrogens (primary N) is 1. The summed E-state index contributed by atoms with van der Waals surface area (Å²) < 4.78 is 0. The van der Waals surface area contributed by atoms with Gasteiger partial charge in [-0.05, 0) is 30.0 Å². The highest BCUT2D eigenvalue weighted by atomic mass is 16.2. The molecule has 1 fully saturated rings. The van der Waals surface area contributed by atoms with Crippen LogP contribution in [0.1, 0.15) is 44.1 Å². The van der Waals surface area contributed by atoms with Gasteiger partial charge in [0, 0.05) is 25.7 Å². The Bertz CT molecular complexity index is 407. The van der Waals surface area contributed by atoms with Crippen molar-refractivity contribution in [2.75, 3.05) is 11.9 Å². The van der Waals surface area contributed by atoms with Crippen LogP contribution >= 0.6 is 0 Å². The lowest BCUT2D eigenvalue weighted by atomic mass is 10.0. The largest absolute Gasteiger partial charge is 0.326 e. The summed E-state index contributed by atoms with van der Waals surface area (Å²) in [6.45, 7) is 0.541. The van der Waals surface area contributed by atoms with Crippen LogP contribution in [0.25, 0.3) is 0 Å². The molecule has 1 aromatic rings. The molecule has 1 aliphatic carbocycles. The first-order chi connectivity index (χ1) is 9.20. The van der Waals surface area contributed by atoms with Gasteiger partial charge in [0.05, 0.1) is 0 Å². The van der Waals surface area contributed by atoms with Crippen molar-refractivity contribution in [3.05, 3.63) is 29.8 Å². The minimum Gasteiger partial charge on any atom is -0.326 e. The Morgan fingerprint density at radius 2 is 1.89 bits per heavy atom. The van der Waals surface area contributed by atoms with Crippen molar-refractivity contribution in [2.24, 2.45) is 11.7 Å². The summed E-state index contributed by atoms with van der Waals surface area (Å²) in [5.74, 6) is 0.990. The van der Waals surface area contributed by atoms with E-state index >= 15 is 0 Å². The van der Waals surface area contributed by atoms with Gasteiger partial charge in [0.1, 0.15) is 0 Å². The van der Waals surface area contributed by atoms with Gasteiger partial charge in [0.15, 0.2) is 0 Å². The molecule has 3 nitrogen and oxygen atoms in total. The van der Waals surface area contributed by atoms with Gasteiger partial charge in [-0.15, -0.1) is 0 Å². The number of hydrogen-bond donors (Lipinski definition) is 1. The number of rotatable bonds is 5. The first-order valence-corrected chi connectivity index (χ1v) is 7.26. The summed E-state index contributed by atoms with van der Waals surface area (Å²) in [6.07, 6.45) is 7.01. The molecule has 2 rings (SSSR count). The van der Waals surface area contributed by atoms with Crippen LogP contribution in [-0.4, -0.2) is 13.0 Å². The highest BCUT2D eigenvalue weighted by Gasteiger charge is 2.18. The van der Waals surface area contributed by atoms with E-state index in [1.165, 1.54) is 25.7 Å². The Labute approximate surface area is 115 Å². The summed E-state index contributed by atoms with van der Waals surface area (Å²) in [5.41, 5.74) is 7.62. The predicted octanol–water partition coefficient (Wildman–Crippen LogP) is 3.08. The second-order valence-electron chi connectivity index (χ2n) is 5.51. The SMILES string of the molecule is CN(C(=O)CCC1CCCC1)c1ccc(CN)cc1. The first-order valence-electron chi connectivity index (χ1n) is 7.26. The lowest BCUT2D eigenvalue weighted by Gasteiger charge is -2.18. The minimum atomic E-state index is 0.215. The van der Waals surface area contributed by atoms with E-state index < -0.39 is 0 Å². The number of carbonyl (C=O) groups excluding carboxylic acids is 1. The maximum absolute atomic E-state index is 12.2. The van der Waals surface area contributed by atoms with Crippen molar-refractivity contribution in [3.63, 3.8) is 0 Å². The molecule has 0 unspecified atom stereocenters. The van der Waals surface area contributed by atoms with E-state index in [1.807, 2.05) is 31.3 Å². The van der Waals surface area contributed by atoms with Crippen LogP contribution in [0.3, 0.4) is 0 Å². The number of carbonyl (C=O) groups is 1. The average molecular weight is 260 g/mol. The quantitative estimate of drug-likeness (QED) is 0.884. The number of hydrogen-bond acceptors (Lipinski definition) is 2. The molecule has 1 aromatic carbocycles. The lowest BCUT2D eigenvalue weighted by molar-refractivity contribution is -0.118. The molecule has 104 valence electrons. The van der Waals surface area contributed by atoms with Crippen LogP contribution in [0, 0.1) is 5.92 Å². The smallest absolute Gasteiger partial charge is 0.226 e. The zero-order chi connectivity index (χ0) is 13.7. The fourth-order valence-electron chi connectivity index (χ4n) is 2.79. The molecule has 19 heavy (non-hydrogen) atoms. The lowest BCUT2D eigenvalue weighted by Crippen LogP contribution is -2.26. The van der Waals surface area contributed by atoms with Gasteiger partial charge in [-0.1, -0.05) is 37.8 Å². The Morgan fingerprint density at radius 3 is 2.47 bits per heavy atom. The Balaban J connectivity index is 1.86. The van der Waals surface area contributed by atoms with E-state index in [9.17, 15) is 4.79 Å². The fourth-order valence-corrected chi connectivity index (χ4v) is 2.79. The summed E-state index contributed by atoms with van der Waals surface area (Å²) in [6, 6.07) is 7.90. The van der Waals surface area contributed by atoms with Crippen LogP contribution in [0.15, 0.2) is 24.3 Å². The highest BCUT2D eigenvalue weighted by molar-refractivity contribution is 5.92. The molecule has 0 bridgehead atoms. The van der Waals surface area contributed by atoms with E-state index in [-0.39, 0.29) is 5.91 Å². The molecule has 0 aromatic heterocycles. The van der Waals surface area contributed by atoms with E-state index in [4.69, 9.17) is 5.73 Å². The van der Waals surface area contributed by atoms with E-state index in [1.54, 1.807) is 4.90 Å². The number of amides is 1. The van der Waals surface area contributed by atoms with Crippen molar-refractivity contribution >= 4 is 11.6 Å². The second kappa shape index (κ2) is 6.71. The van der Waals surface area contributed by atoms with Gasteiger partial charge < -0.3 is 10.6 Å². The van der Waals surface area contributed by atoms with Crippen molar-refractivity contribution in [1.29, 1.82) is 0 Å². The zero-order valence-corrected chi connectivity index (χ0v) is 11.8. The van der Waals surface area contributed by atoms with Crippen LogP contribution in [0.2, 0.25) is 0 Å². The monoisotopic (exact) mass is 260 g/mol. The van der Waals surface area contributed by atoms with Crippen molar-refractivity contribution < 1.29 is 4.79 Å². The third-order valence-electron chi connectivity index (χ3n) is 4.17. The molecule has 0 aliphatic heterocycles. The zero-order valence-electron chi connectivity index (χ0n) is 11.8. The van der Waals surface area contributed by atoms with Gasteiger partial charge in [-0.25, -0.2) is 0 Å². The summed E-state index contributed by atoms with van der Waals surface area (Å²) in [7, 11) is 1.86. The molecule has 1 amide bonds. The molecule has 0 saturated heterocycles. The maximum Gasteiger partial charge on any atom is 0.226 e. The number of benzene rings is 1. The van der Waals surface area contributed by atoms with Gasteiger partial charge in [-0.2, -0.15) is 0 Å². The standard InChI is InChI=1S/C16H24N2O/c1-18(15-9-6-14(12-17)7-10-15)16(19)11-8-13-4-2-3-5-13/h6-7,9-10,13H,2-5,8,11-12,17H2,1H3. The molecule has 1 saturated carbocycles. The van der Waals surface area contributed by atoms with Crippen LogP contribution in [0.5, 0.6) is 0 Å². The van der Waals surface area contributed by atoms with E-state index in [2.05, 4.69) is 0 Å². The molecule has 3 heteroatoms. The summed E-state index contributed by atoms with van der Waals surface area (Å²) >= 11 is 0. The first kappa shape index (κ1) is 14.1. The predicted molar refractivity (Wildman–Crippen MR) is 78.9 cm³/mol. The average Bonchev–Trinajstić information content (AvgIpc) is 2.97.